The molecule has 2 rings (SSSR count). The largest absolute Gasteiger partial charge is 0.508 e. The molecule has 0 aliphatic rings. The van der Waals surface area contributed by atoms with Crippen LogP contribution in [-0.2, 0) is 0 Å². The molecule has 0 aliphatic heterocycles. The Labute approximate surface area is 115 Å². The van der Waals surface area contributed by atoms with Gasteiger partial charge in [0.2, 0.25) is 0 Å². The van der Waals surface area contributed by atoms with E-state index in [0.29, 0.717) is 16.8 Å². The summed E-state index contributed by atoms with van der Waals surface area (Å²) in [6, 6.07) is 7.29. The first-order valence-corrected chi connectivity index (χ1v) is 5.85. The number of aromatic nitrogens is 1. The van der Waals surface area contributed by atoms with Crippen molar-refractivity contribution in [2.75, 3.05) is 0 Å². The lowest BCUT2D eigenvalue weighted by atomic mass is 10.1. The number of carbonyl (C=O) groups is 1. The molecule has 0 unspecified atom stereocenters. The second-order valence-corrected chi connectivity index (χ2v) is 4.08. The average molecular weight is 271 g/mol. The van der Waals surface area contributed by atoms with E-state index in [-0.39, 0.29) is 17.4 Å². The van der Waals surface area contributed by atoms with Gasteiger partial charge in [-0.3, -0.25) is 9.78 Å². The summed E-state index contributed by atoms with van der Waals surface area (Å²) in [6.07, 6.45) is 3.02. The molecule has 1 amide bonds. The number of phenolic OH excluding ortho intramolecular Hbond substituents is 2. The summed E-state index contributed by atoms with van der Waals surface area (Å²) in [5.41, 5.74) is 3.67. The molecule has 0 aliphatic carbocycles. The maximum Gasteiger partial charge on any atom is 0.271 e. The fourth-order valence-corrected chi connectivity index (χ4v) is 1.59. The molecule has 6 heteroatoms. The van der Waals surface area contributed by atoms with Gasteiger partial charge >= 0.3 is 0 Å². The van der Waals surface area contributed by atoms with Crippen LogP contribution < -0.4 is 5.43 Å². The molecule has 2 aromatic rings. The highest BCUT2D eigenvalue weighted by molar-refractivity contribution is 6.02. The summed E-state index contributed by atoms with van der Waals surface area (Å²) in [5, 5.41) is 22.8. The lowest BCUT2D eigenvalue weighted by Crippen LogP contribution is -2.19. The summed E-state index contributed by atoms with van der Waals surface area (Å²) in [5.74, 6) is -0.519. The standard InChI is InChI=1S/C14H13N3O3/c1-9(12-3-2-11(18)8-13(12)19)16-17-14(20)10-4-6-15-7-5-10/h2-8,18-19H,1H3,(H,17,20)/b16-9+. The van der Waals surface area contributed by atoms with Gasteiger partial charge in [0, 0.05) is 29.6 Å². The zero-order chi connectivity index (χ0) is 14.5. The van der Waals surface area contributed by atoms with Gasteiger partial charge in [-0.15, -0.1) is 0 Å². The van der Waals surface area contributed by atoms with E-state index in [1.165, 1.54) is 30.6 Å². The van der Waals surface area contributed by atoms with Crippen molar-refractivity contribution in [3.63, 3.8) is 0 Å². The number of benzene rings is 1. The third-order valence-corrected chi connectivity index (χ3v) is 2.64. The quantitative estimate of drug-likeness (QED) is 0.584. The van der Waals surface area contributed by atoms with Crippen LogP contribution in [0.4, 0.5) is 0 Å². The minimum absolute atomic E-state index is 0.0418. The predicted molar refractivity (Wildman–Crippen MR) is 73.7 cm³/mol. The summed E-state index contributed by atoms with van der Waals surface area (Å²) in [4.78, 5) is 15.6. The maximum absolute atomic E-state index is 11.8. The zero-order valence-corrected chi connectivity index (χ0v) is 10.7. The van der Waals surface area contributed by atoms with Gasteiger partial charge in [0.1, 0.15) is 11.5 Å². The first-order chi connectivity index (χ1) is 9.58. The van der Waals surface area contributed by atoms with Crippen molar-refractivity contribution in [2.24, 2.45) is 5.10 Å². The highest BCUT2D eigenvalue weighted by Crippen LogP contribution is 2.22. The van der Waals surface area contributed by atoms with Crippen LogP contribution in [0, 0.1) is 0 Å². The summed E-state index contributed by atoms with van der Waals surface area (Å²) >= 11 is 0. The van der Waals surface area contributed by atoms with Crippen LogP contribution in [0.2, 0.25) is 0 Å². The van der Waals surface area contributed by atoms with E-state index in [9.17, 15) is 15.0 Å². The van der Waals surface area contributed by atoms with Gasteiger partial charge in [-0.25, -0.2) is 5.43 Å². The third-order valence-electron chi connectivity index (χ3n) is 2.64. The number of amides is 1. The highest BCUT2D eigenvalue weighted by atomic mass is 16.3. The molecule has 0 atom stereocenters. The van der Waals surface area contributed by atoms with Crippen LogP contribution in [0.5, 0.6) is 11.5 Å². The molecular formula is C14H13N3O3. The lowest BCUT2D eigenvalue weighted by Gasteiger charge is -2.05. The van der Waals surface area contributed by atoms with Gasteiger partial charge in [-0.05, 0) is 31.2 Å². The molecule has 3 N–H and O–H groups in total. The van der Waals surface area contributed by atoms with Gasteiger partial charge in [0.15, 0.2) is 0 Å². The zero-order valence-electron chi connectivity index (χ0n) is 10.7. The van der Waals surface area contributed by atoms with Crippen LogP contribution in [0.25, 0.3) is 0 Å². The van der Waals surface area contributed by atoms with Gasteiger partial charge in [0.05, 0.1) is 5.71 Å². The van der Waals surface area contributed by atoms with Gasteiger partial charge in [0.25, 0.3) is 5.91 Å². The number of phenols is 2. The summed E-state index contributed by atoms with van der Waals surface area (Å²) in [6.45, 7) is 1.64. The van der Waals surface area contributed by atoms with Crippen molar-refractivity contribution < 1.29 is 15.0 Å². The van der Waals surface area contributed by atoms with Crippen molar-refractivity contribution >= 4 is 11.6 Å². The number of hydrogen-bond donors (Lipinski definition) is 3. The molecule has 0 radical (unpaired) electrons. The van der Waals surface area contributed by atoms with Crippen LogP contribution in [0.15, 0.2) is 47.8 Å². The molecule has 1 aromatic heterocycles. The number of aromatic hydroxyl groups is 2. The van der Waals surface area contributed by atoms with Crippen LogP contribution in [-0.4, -0.2) is 26.8 Å². The minimum Gasteiger partial charge on any atom is -0.508 e. The second-order valence-electron chi connectivity index (χ2n) is 4.08. The summed E-state index contributed by atoms with van der Waals surface area (Å²) < 4.78 is 0. The Morgan fingerprint density at radius 3 is 2.55 bits per heavy atom. The lowest BCUT2D eigenvalue weighted by molar-refractivity contribution is 0.0954. The number of rotatable bonds is 3. The highest BCUT2D eigenvalue weighted by Gasteiger charge is 2.07. The number of nitrogens with one attached hydrogen (secondary N) is 1. The molecule has 1 heterocycles. The Morgan fingerprint density at radius 2 is 1.90 bits per heavy atom. The fraction of sp³-hybridized carbons (Fsp3) is 0.0714. The average Bonchev–Trinajstić information content (AvgIpc) is 2.45. The Morgan fingerprint density at radius 1 is 1.20 bits per heavy atom. The topological polar surface area (TPSA) is 94.8 Å². The van der Waals surface area contributed by atoms with Crippen LogP contribution in [0.3, 0.4) is 0 Å². The first kappa shape index (κ1) is 13.5. The van der Waals surface area contributed by atoms with Crippen LogP contribution in [0.1, 0.15) is 22.8 Å². The SMILES string of the molecule is C/C(=N\NC(=O)c1ccncc1)c1ccc(O)cc1O. The van der Waals surface area contributed by atoms with Crippen molar-refractivity contribution in [3.05, 3.63) is 53.9 Å². The summed E-state index contributed by atoms with van der Waals surface area (Å²) in [7, 11) is 0. The van der Waals surface area contributed by atoms with E-state index in [4.69, 9.17) is 0 Å². The molecule has 1 aromatic carbocycles. The van der Waals surface area contributed by atoms with E-state index < -0.39 is 0 Å². The minimum atomic E-state index is -0.370. The number of nitrogens with zero attached hydrogens (tertiary/aromatic N) is 2. The molecule has 0 spiro atoms. The monoisotopic (exact) mass is 271 g/mol. The van der Waals surface area contributed by atoms with E-state index in [2.05, 4.69) is 15.5 Å². The molecular weight excluding hydrogens is 258 g/mol. The Balaban J connectivity index is 2.13. The number of pyridine rings is 1. The molecule has 0 saturated carbocycles. The molecule has 0 saturated heterocycles. The van der Waals surface area contributed by atoms with Gasteiger partial charge in [-0.2, -0.15) is 5.10 Å². The maximum atomic E-state index is 11.8. The van der Waals surface area contributed by atoms with E-state index >= 15 is 0 Å². The van der Waals surface area contributed by atoms with E-state index in [1.54, 1.807) is 19.1 Å². The second kappa shape index (κ2) is 5.83. The molecule has 20 heavy (non-hydrogen) atoms. The fourth-order valence-electron chi connectivity index (χ4n) is 1.59. The first-order valence-electron chi connectivity index (χ1n) is 5.85. The molecule has 102 valence electrons. The number of carbonyl (C=O) groups excluding carboxylic acids is 1. The van der Waals surface area contributed by atoms with E-state index in [1.807, 2.05) is 0 Å². The third kappa shape index (κ3) is 3.11. The number of hydrazone groups is 1. The van der Waals surface area contributed by atoms with Crippen molar-refractivity contribution in [2.45, 2.75) is 6.92 Å². The van der Waals surface area contributed by atoms with Crippen molar-refractivity contribution in [1.82, 2.24) is 10.4 Å². The Kier molecular flexibility index (Phi) is 3.95. The number of hydrogen-bond acceptors (Lipinski definition) is 5. The molecule has 0 bridgehead atoms. The van der Waals surface area contributed by atoms with Gasteiger partial charge < -0.3 is 10.2 Å². The smallest absolute Gasteiger partial charge is 0.271 e. The molecule has 0 fully saturated rings. The van der Waals surface area contributed by atoms with Crippen LogP contribution >= 0.6 is 0 Å². The molecule has 6 nitrogen and oxygen atoms in total. The van der Waals surface area contributed by atoms with E-state index in [0.717, 1.165) is 0 Å². The predicted octanol–water partition coefficient (Wildman–Crippen LogP) is 1.65. The Hall–Kier alpha value is -2.89. The van der Waals surface area contributed by atoms with Crippen molar-refractivity contribution in [1.29, 1.82) is 0 Å². The van der Waals surface area contributed by atoms with Crippen molar-refractivity contribution in [3.8, 4) is 11.5 Å². The van der Waals surface area contributed by atoms with Gasteiger partial charge in [-0.1, -0.05) is 0 Å². The Bertz CT molecular complexity index is 654. The normalized spacial score (nSPS) is 11.2.